The van der Waals surface area contributed by atoms with E-state index in [9.17, 15) is 5.11 Å². The van der Waals surface area contributed by atoms with E-state index in [1.165, 1.54) is 0 Å². The highest BCUT2D eigenvalue weighted by Gasteiger charge is 2.13. The van der Waals surface area contributed by atoms with Crippen LogP contribution in [0, 0.1) is 0 Å². The number of aliphatic hydroxyl groups is 1. The van der Waals surface area contributed by atoms with E-state index in [1.54, 1.807) is 14.0 Å². The van der Waals surface area contributed by atoms with Gasteiger partial charge in [-0.1, -0.05) is 6.92 Å². The molecule has 1 N–H and O–H groups in total. The highest BCUT2D eigenvalue weighted by atomic mass is 16.5. The number of hydrogen-bond acceptors (Lipinski definition) is 5. The van der Waals surface area contributed by atoms with Gasteiger partial charge in [0.05, 0.1) is 7.11 Å². The molecule has 96 valence electrons. The maximum absolute atomic E-state index is 9.35. The molecule has 2 rings (SSSR count). The van der Waals surface area contributed by atoms with Gasteiger partial charge in [-0.3, -0.25) is 0 Å². The van der Waals surface area contributed by atoms with E-state index in [0.29, 0.717) is 5.89 Å². The average molecular weight is 248 g/mol. The molecule has 0 spiro atoms. The van der Waals surface area contributed by atoms with E-state index < -0.39 is 6.10 Å². The Morgan fingerprint density at radius 2 is 2.17 bits per heavy atom. The average Bonchev–Trinajstić information content (AvgIpc) is 2.87. The molecule has 5 nitrogen and oxygen atoms in total. The first-order valence-electron chi connectivity index (χ1n) is 5.84. The van der Waals surface area contributed by atoms with E-state index in [4.69, 9.17) is 9.15 Å². The third-order valence-electron chi connectivity index (χ3n) is 2.71. The fourth-order valence-corrected chi connectivity index (χ4v) is 1.71. The van der Waals surface area contributed by atoms with Crippen LogP contribution in [0.2, 0.25) is 0 Å². The Hall–Kier alpha value is -1.88. The van der Waals surface area contributed by atoms with Gasteiger partial charge in [0.2, 0.25) is 11.8 Å². The zero-order valence-corrected chi connectivity index (χ0v) is 10.7. The summed E-state index contributed by atoms with van der Waals surface area (Å²) in [5.41, 5.74) is 1.90. The molecule has 0 fully saturated rings. The maximum Gasteiger partial charge on any atom is 0.247 e. The van der Waals surface area contributed by atoms with E-state index in [2.05, 4.69) is 17.1 Å². The normalized spacial score (nSPS) is 12.4. The van der Waals surface area contributed by atoms with Gasteiger partial charge in [0.1, 0.15) is 11.9 Å². The summed E-state index contributed by atoms with van der Waals surface area (Å²) in [6, 6.07) is 5.69. The second-order valence-corrected chi connectivity index (χ2v) is 4.00. The molecular formula is C13H16N2O3. The van der Waals surface area contributed by atoms with Crippen LogP contribution < -0.4 is 4.74 Å². The molecule has 1 unspecified atom stereocenters. The molecule has 0 bridgehead atoms. The topological polar surface area (TPSA) is 68.4 Å². The largest absolute Gasteiger partial charge is 0.496 e. The molecule has 1 atom stereocenters. The van der Waals surface area contributed by atoms with Crippen LogP contribution in [-0.2, 0) is 6.42 Å². The van der Waals surface area contributed by atoms with E-state index in [1.807, 2.05) is 18.2 Å². The fraction of sp³-hybridized carbons (Fsp3) is 0.385. The van der Waals surface area contributed by atoms with Crippen molar-refractivity contribution in [2.45, 2.75) is 26.4 Å². The number of hydrogen-bond donors (Lipinski definition) is 1. The van der Waals surface area contributed by atoms with Crippen molar-refractivity contribution in [3.8, 4) is 17.2 Å². The van der Waals surface area contributed by atoms with Crippen molar-refractivity contribution in [2.75, 3.05) is 7.11 Å². The molecule has 1 heterocycles. The number of methoxy groups -OCH3 is 1. The van der Waals surface area contributed by atoms with Crippen molar-refractivity contribution in [3.05, 3.63) is 29.7 Å². The molecule has 18 heavy (non-hydrogen) atoms. The van der Waals surface area contributed by atoms with Crippen LogP contribution in [0.3, 0.4) is 0 Å². The summed E-state index contributed by atoms with van der Waals surface area (Å²) in [5, 5.41) is 17.1. The highest BCUT2D eigenvalue weighted by Crippen LogP contribution is 2.27. The highest BCUT2D eigenvalue weighted by molar-refractivity contribution is 5.57. The Labute approximate surface area is 105 Å². The number of aliphatic hydroxyl groups excluding tert-OH is 1. The fourth-order valence-electron chi connectivity index (χ4n) is 1.71. The van der Waals surface area contributed by atoms with Crippen LogP contribution in [0.5, 0.6) is 5.75 Å². The summed E-state index contributed by atoms with van der Waals surface area (Å²) in [6.45, 7) is 3.64. The van der Waals surface area contributed by atoms with Crippen LogP contribution in [0.25, 0.3) is 11.5 Å². The minimum atomic E-state index is -0.754. The summed E-state index contributed by atoms with van der Waals surface area (Å²) in [7, 11) is 1.65. The summed E-state index contributed by atoms with van der Waals surface area (Å²) in [5.74, 6) is 1.47. The summed E-state index contributed by atoms with van der Waals surface area (Å²) >= 11 is 0. The molecule has 5 heteroatoms. The zero-order chi connectivity index (χ0) is 13.1. The Morgan fingerprint density at radius 3 is 2.72 bits per heavy atom. The standard InChI is InChI=1S/C13H16N2O3/c1-4-9-7-10(5-6-11(9)17-3)13-15-14-12(18-13)8(2)16/h5-8,16H,4H2,1-3H3. The number of nitrogens with zero attached hydrogens (tertiary/aromatic N) is 2. The monoisotopic (exact) mass is 248 g/mol. The first-order chi connectivity index (χ1) is 8.65. The molecule has 0 saturated heterocycles. The summed E-state index contributed by atoms with van der Waals surface area (Å²) in [6.07, 6.45) is 0.101. The van der Waals surface area contributed by atoms with Crippen LogP contribution >= 0.6 is 0 Å². The van der Waals surface area contributed by atoms with Crippen molar-refractivity contribution < 1.29 is 14.3 Å². The van der Waals surface area contributed by atoms with Crippen molar-refractivity contribution in [2.24, 2.45) is 0 Å². The van der Waals surface area contributed by atoms with Crippen LogP contribution in [0.15, 0.2) is 22.6 Å². The molecule has 0 aliphatic heterocycles. The molecule has 0 saturated carbocycles. The number of benzene rings is 1. The lowest BCUT2D eigenvalue weighted by Gasteiger charge is -2.07. The lowest BCUT2D eigenvalue weighted by Crippen LogP contribution is -1.91. The predicted molar refractivity (Wildman–Crippen MR) is 66.3 cm³/mol. The van der Waals surface area contributed by atoms with Crippen molar-refractivity contribution in [1.29, 1.82) is 0 Å². The van der Waals surface area contributed by atoms with Crippen LogP contribution in [0.4, 0.5) is 0 Å². The predicted octanol–water partition coefficient (Wildman–Crippen LogP) is 2.36. The lowest BCUT2D eigenvalue weighted by molar-refractivity contribution is 0.163. The van der Waals surface area contributed by atoms with Crippen molar-refractivity contribution >= 4 is 0 Å². The summed E-state index contributed by atoms with van der Waals surface area (Å²) < 4.78 is 10.7. The minimum absolute atomic E-state index is 0.221. The van der Waals surface area contributed by atoms with E-state index in [0.717, 1.165) is 23.3 Å². The van der Waals surface area contributed by atoms with Crippen LogP contribution in [-0.4, -0.2) is 22.4 Å². The van der Waals surface area contributed by atoms with Crippen LogP contribution in [0.1, 0.15) is 31.4 Å². The third-order valence-corrected chi connectivity index (χ3v) is 2.71. The Bertz CT molecular complexity index is 535. The number of ether oxygens (including phenoxy) is 1. The first-order valence-corrected chi connectivity index (χ1v) is 5.84. The number of rotatable bonds is 4. The quantitative estimate of drug-likeness (QED) is 0.899. The maximum atomic E-state index is 9.35. The van der Waals surface area contributed by atoms with Crippen molar-refractivity contribution in [3.63, 3.8) is 0 Å². The van der Waals surface area contributed by atoms with E-state index in [-0.39, 0.29) is 5.89 Å². The van der Waals surface area contributed by atoms with Gasteiger partial charge in [0.25, 0.3) is 0 Å². The lowest BCUT2D eigenvalue weighted by atomic mass is 10.1. The van der Waals surface area contributed by atoms with Gasteiger partial charge in [-0.15, -0.1) is 10.2 Å². The van der Waals surface area contributed by atoms with Gasteiger partial charge in [0.15, 0.2) is 0 Å². The van der Waals surface area contributed by atoms with Gasteiger partial charge in [-0.25, -0.2) is 0 Å². The van der Waals surface area contributed by atoms with Gasteiger partial charge < -0.3 is 14.3 Å². The van der Waals surface area contributed by atoms with Gasteiger partial charge in [-0.05, 0) is 37.1 Å². The second kappa shape index (κ2) is 5.18. The SMILES string of the molecule is CCc1cc(-c2nnc(C(C)O)o2)ccc1OC. The molecule has 2 aromatic rings. The molecule has 0 radical (unpaired) electrons. The third kappa shape index (κ3) is 2.36. The van der Waals surface area contributed by atoms with Gasteiger partial charge >= 0.3 is 0 Å². The number of aromatic nitrogens is 2. The first kappa shape index (κ1) is 12.6. The van der Waals surface area contributed by atoms with Crippen molar-refractivity contribution in [1.82, 2.24) is 10.2 Å². The Kier molecular flexibility index (Phi) is 3.62. The summed E-state index contributed by atoms with van der Waals surface area (Å²) in [4.78, 5) is 0. The minimum Gasteiger partial charge on any atom is -0.496 e. The Morgan fingerprint density at radius 1 is 1.39 bits per heavy atom. The molecule has 0 aliphatic carbocycles. The molecule has 1 aromatic heterocycles. The van der Waals surface area contributed by atoms with E-state index >= 15 is 0 Å². The second-order valence-electron chi connectivity index (χ2n) is 4.00. The molecule has 0 amide bonds. The van der Waals surface area contributed by atoms with Gasteiger partial charge in [-0.2, -0.15) is 0 Å². The zero-order valence-electron chi connectivity index (χ0n) is 10.7. The Balaban J connectivity index is 2.38. The molecular weight excluding hydrogens is 232 g/mol. The molecule has 0 aliphatic rings. The number of aryl methyl sites for hydroxylation is 1. The van der Waals surface area contributed by atoms with Gasteiger partial charge in [0, 0.05) is 5.56 Å². The smallest absolute Gasteiger partial charge is 0.247 e. The molecule has 1 aromatic carbocycles.